The lowest BCUT2D eigenvalue weighted by Crippen LogP contribution is -2.30. The van der Waals surface area contributed by atoms with E-state index in [-0.39, 0.29) is 0 Å². The molecule has 0 spiro atoms. The van der Waals surface area contributed by atoms with Crippen molar-refractivity contribution >= 4 is 17.0 Å². The molecule has 1 saturated carbocycles. The third-order valence-electron chi connectivity index (χ3n) is 4.55. The number of likely N-dealkylation sites (tertiary alicyclic amines) is 1. The molecule has 2 fully saturated rings. The summed E-state index contributed by atoms with van der Waals surface area (Å²) in [6.07, 6.45) is 5.91. The molecule has 110 valence electrons. The molecule has 1 aliphatic heterocycles. The van der Waals surface area contributed by atoms with Crippen LogP contribution in [0.3, 0.4) is 0 Å². The maximum Gasteiger partial charge on any atom is 0.123 e. The monoisotopic (exact) mass is 299 g/mol. The van der Waals surface area contributed by atoms with Gasteiger partial charge in [0.25, 0.3) is 0 Å². The molecule has 3 nitrogen and oxygen atoms in total. The van der Waals surface area contributed by atoms with Crippen LogP contribution in [-0.4, -0.2) is 34.6 Å². The van der Waals surface area contributed by atoms with E-state index < -0.39 is 0 Å². The summed E-state index contributed by atoms with van der Waals surface area (Å²) in [4.78, 5) is 7.08. The number of nitrogens with one attached hydrogen (secondary N) is 1. The van der Waals surface area contributed by atoms with Gasteiger partial charge in [0, 0.05) is 47.5 Å². The molecule has 2 heterocycles. The maximum atomic E-state index is 4.40. The summed E-state index contributed by atoms with van der Waals surface area (Å²) in [5, 5.41) is 6.85. The van der Waals surface area contributed by atoms with Gasteiger partial charge in [-0.15, -0.1) is 11.3 Å². The second kappa shape index (κ2) is 5.43. The fourth-order valence-electron chi connectivity index (χ4n) is 3.42. The Morgan fingerprint density at radius 3 is 3.00 bits per heavy atom. The Labute approximate surface area is 130 Å². The van der Waals surface area contributed by atoms with E-state index in [4.69, 9.17) is 0 Å². The summed E-state index contributed by atoms with van der Waals surface area (Å²) in [7, 11) is 0. The Balaban J connectivity index is 1.46. The molecule has 0 bridgehead atoms. The molecule has 4 rings (SSSR count). The van der Waals surface area contributed by atoms with Gasteiger partial charge in [0.2, 0.25) is 0 Å². The van der Waals surface area contributed by atoms with Gasteiger partial charge in [-0.3, -0.25) is 4.90 Å². The van der Waals surface area contributed by atoms with Gasteiger partial charge in [0.15, 0.2) is 0 Å². The fourth-order valence-corrected chi connectivity index (χ4v) is 4.05. The van der Waals surface area contributed by atoms with Crippen molar-refractivity contribution in [1.29, 1.82) is 0 Å². The van der Waals surface area contributed by atoms with Crippen molar-refractivity contribution in [2.75, 3.05) is 11.9 Å². The van der Waals surface area contributed by atoms with Gasteiger partial charge < -0.3 is 5.32 Å². The topological polar surface area (TPSA) is 28.2 Å². The molecule has 2 atom stereocenters. The first-order chi connectivity index (χ1) is 10.3. The van der Waals surface area contributed by atoms with Crippen molar-refractivity contribution in [3.63, 3.8) is 0 Å². The zero-order valence-corrected chi connectivity index (χ0v) is 13.1. The van der Waals surface area contributed by atoms with Gasteiger partial charge in [-0.25, -0.2) is 4.98 Å². The van der Waals surface area contributed by atoms with Crippen LogP contribution in [0, 0.1) is 0 Å². The minimum absolute atomic E-state index is 0.576. The predicted octanol–water partition coefficient (Wildman–Crippen LogP) is 3.85. The van der Waals surface area contributed by atoms with E-state index >= 15 is 0 Å². The molecule has 2 unspecified atom stereocenters. The third kappa shape index (κ3) is 2.83. The lowest BCUT2D eigenvalue weighted by Gasteiger charge is -2.20. The highest BCUT2D eigenvalue weighted by Crippen LogP contribution is 2.34. The van der Waals surface area contributed by atoms with Crippen LogP contribution in [-0.2, 0) is 0 Å². The second-order valence-electron chi connectivity index (χ2n) is 6.27. The Bertz CT molecular complexity index is 606. The number of nitrogens with zero attached hydrogens (tertiary/aromatic N) is 2. The summed E-state index contributed by atoms with van der Waals surface area (Å²) >= 11 is 1.69. The van der Waals surface area contributed by atoms with Crippen molar-refractivity contribution in [1.82, 2.24) is 9.88 Å². The Morgan fingerprint density at radius 1 is 1.33 bits per heavy atom. The molecule has 1 N–H and O–H groups in total. The zero-order valence-electron chi connectivity index (χ0n) is 12.3. The third-order valence-corrected chi connectivity index (χ3v) is 5.37. The molecule has 1 aliphatic carbocycles. The number of hydrogen-bond donors (Lipinski definition) is 1. The first-order valence-corrected chi connectivity index (χ1v) is 8.70. The van der Waals surface area contributed by atoms with Crippen molar-refractivity contribution in [3.8, 4) is 10.6 Å². The first kappa shape index (κ1) is 13.3. The van der Waals surface area contributed by atoms with Gasteiger partial charge in [-0.05, 0) is 38.3 Å². The predicted molar refractivity (Wildman–Crippen MR) is 88.8 cm³/mol. The van der Waals surface area contributed by atoms with Crippen molar-refractivity contribution in [3.05, 3.63) is 35.8 Å². The SMILES string of the molecule is CC1CC(Nc2cccc(-c3nccs3)c2)CN1C1CC1. The molecule has 1 aromatic heterocycles. The number of benzene rings is 1. The summed E-state index contributed by atoms with van der Waals surface area (Å²) < 4.78 is 0. The van der Waals surface area contributed by atoms with E-state index in [1.54, 1.807) is 11.3 Å². The molecule has 1 saturated heterocycles. The van der Waals surface area contributed by atoms with Crippen LogP contribution in [0.4, 0.5) is 5.69 Å². The van der Waals surface area contributed by atoms with Crippen LogP contribution < -0.4 is 5.32 Å². The zero-order chi connectivity index (χ0) is 14.2. The number of aromatic nitrogens is 1. The standard InChI is InChI=1S/C17H21N3S/c1-12-9-15(11-20(12)16-5-6-16)19-14-4-2-3-13(10-14)17-18-7-8-21-17/h2-4,7-8,10,12,15-16,19H,5-6,9,11H2,1H3. The Morgan fingerprint density at radius 2 is 2.24 bits per heavy atom. The number of anilines is 1. The smallest absolute Gasteiger partial charge is 0.123 e. The van der Waals surface area contributed by atoms with Gasteiger partial charge in [0.05, 0.1) is 0 Å². The number of thiazole rings is 1. The van der Waals surface area contributed by atoms with Crippen molar-refractivity contribution in [2.45, 2.75) is 44.3 Å². The van der Waals surface area contributed by atoms with E-state index in [0.29, 0.717) is 6.04 Å². The van der Waals surface area contributed by atoms with E-state index in [9.17, 15) is 0 Å². The summed E-state index contributed by atoms with van der Waals surface area (Å²) in [6.45, 7) is 3.55. The van der Waals surface area contributed by atoms with Gasteiger partial charge in [-0.1, -0.05) is 12.1 Å². The molecule has 0 radical (unpaired) electrons. The number of rotatable bonds is 4. The highest BCUT2D eigenvalue weighted by Gasteiger charge is 2.38. The van der Waals surface area contributed by atoms with Crippen LogP contribution in [0.15, 0.2) is 35.8 Å². The quantitative estimate of drug-likeness (QED) is 0.929. The molecule has 1 aromatic carbocycles. The maximum absolute atomic E-state index is 4.40. The van der Waals surface area contributed by atoms with Crippen molar-refractivity contribution < 1.29 is 0 Å². The normalized spacial score (nSPS) is 26.1. The van der Waals surface area contributed by atoms with E-state index in [0.717, 1.165) is 17.1 Å². The minimum atomic E-state index is 0.576. The van der Waals surface area contributed by atoms with E-state index in [1.807, 2.05) is 11.6 Å². The average Bonchev–Trinajstić information content (AvgIpc) is 3.04. The second-order valence-corrected chi connectivity index (χ2v) is 7.17. The molecule has 2 aliphatic rings. The largest absolute Gasteiger partial charge is 0.381 e. The lowest BCUT2D eigenvalue weighted by atomic mass is 10.1. The molecular weight excluding hydrogens is 278 g/mol. The summed E-state index contributed by atoms with van der Waals surface area (Å²) in [6, 6.07) is 10.8. The van der Waals surface area contributed by atoms with Crippen LogP contribution in [0.5, 0.6) is 0 Å². The van der Waals surface area contributed by atoms with Crippen molar-refractivity contribution in [2.24, 2.45) is 0 Å². The minimum Gasteiger partial charge on any atom is -0.381 e. The highest BCUT2D eigenvalue weighted by atomic mass is 32.1. The summed E-state index contributed by atoms with van der Waals surface area (Å²) in [5.41, 5.74) is 2.43. The first-order valence-electron chi connectivity index (χ1n) is 7.82. The molecule has 0 amide bonds. The van der Waals surface area contributed by atoms with Gasteiger partial charge in [-0.2, -0.15) is 0 Å². The van der Waals surface area contributed by atoms with Gasteiger partial charge in [0.1, 0.15) is 5.01 Å². The highest BCUT2D eigenvalue weighted by molar-refractivity contribution is 7.13. The van der Waals surface area contributed by atoms with E-state index in [1.165, 1.54) is 37.1 Å². The molecule has 4 heteroatoms. The Hall–Kier alpha value is -1.39. The van der Waals surface area contributed by atoms with Crippen LogP contribution >= 0.6 is 11.3 Å². The lowest BCUT2D eigenvalue weighted by molar-refractivity contribution is 0.257. The molecule has 2 aromatic rings. The van der Waals surface area contributed by atoms with Gasteiger partial charge >= 0.3 is 0 Å². The van der Waals surface area contributed by atoms with Crippen LogP contribution in [0.2, 0.25) is 0 Å². The fraction of sp³-hybridized carbons (Fsp3) is 0.471. The van der Waals surface area contributed by atoms with E-state index in [2.05, 4.69) is 46.4 Å². The molecule has 21 heavy (non-hydrogen) atoms. The van der Waals surface area contributed by atoms with Crippen LogP contribution in [0.25, 0.3) is 10.6 Å². The molecular formula is C17H21N3S. The average molecular weight is 299 g/mol. The Kier molecular flexibility index (Phi) is 3.43. The number of hydrogen-bond acceptors (Lipinski definition) is 4. The summed E-state index contributed by atoms with van der Waals surface area (Å²) in [5.74, 6) is 0. The van der Waals surface area contributed by atoms with Crippen LogP contribution in [0.1, 0.15) is 26.2 Å².